The predicted molar refractivity (Wildman–Crippen MR) is 69.8 cm³/mol. The van der Waals surface area contributed by atoms with E-state index >= 15 is 0 Å². The monoisotopic (exact) mass is 317 g/mol. The second-order valence-corrected chi connectivity index (χ2v) is 6.23. The summed E-state index contributed by atoms with van der Waals surface area (Å²) in [7, 11) is 0. The first-order valence-corrected chi connectivity index (χ1v) is 6.31. The summed E-state index contributed by atoms with van der Waals surface area (Å²) in [6, 6.07) is 0. The SMILES string of the molecule is CC(C)(C)c1nc(N)c(I)c(C2CC2)n1. The Labute approximate surface area is 104 Å². The van der Waals surface area contributed by atoms with Crippen LogP contribution in [0.5, 0.6) is 0 Å². The maximum absolute atomic E-state index is 5.93. The molecule has 1 aliphatic rings. The molecule has 0 saturated heterocycles. The fourth-order valence-corrected chi connectivity index (χ4v) is 2.13. The number of hydrogen-bond acceptors (Lipinski definition) is 3. The molecular formula is C11H16IN3. The summed E-state index contributed by atoms with van der Waals surface area (Å²) in [6.07, 6.45) is 2.49. The van der Waals surface area contributed by atoms with Crippen LogP contribution in [0.4, 0.5) is 5.82 Å². The molecule has 3 nitrogen and oxygen atoms in total. The lowest BCUT2D eigenvalue weighted by molar-refractivity contribution is 0.541. The summed E-state index contributed by atoms with van der Waals surface area (Å²) in [6.45, 7) is 6.35. The van der Waals surface area contributed by atoms with Crippen molar-refractivity contribution in [1.82, 2.24) is 9.97 Å². The molecule has 0 spiro atoms. The second-order valence-electron chi connectivity index (χ2n) is 5.16. The lowest BCUT2D eigenvalue weighted by Crippen LogP contribution is -2.19. The molecule has 1 saturated carbocycles. The largest absolute Gasteiger partial charge is 0.383 e. The minimum absolute atomic E-state index is 0.0257. The minimum Gasteiger partial charge on any atom is -0.383 e. The Balaban J connectivity index is 2.51. The van der Waals surface area contributed by atoms with Crippen molar-refractivity contribution in [2.24, 2.45) is 0 Å². The van der Waals surface area contributed by atoms with Gasteiger partial charge in [-0.2, -0.15) is 0 Å². The number of nitrogens with zero attached hydrogens (tertiary/aromatic N) is 2. The van der Waals surface area contributed by atoms with E-state index in [0.29, 0.717) is 11.7 Å². The summed E-state index contributed by atoms with van der Waals surface area (Å²) < 4.78 is 1.04. The summed E-state index contributed by atoms with van der Waals surface area (Å²) in [4.78, 5) is 9.04. The molecule has 1 aromatic heterocycles. The highest BCUT2D eigenvalue weighted by atomic mass is 127. The zero-order chi connectivity index (χ0) is 11.2. The van der Waals surface area contributed by atoms with Crippen LogP contribution in [0.2, 0.25) is 0 Å². The van der Waals surface area contributed by atoms with Crippen LogP contribution < -0.4 is 5.73 Å². The van der Waals surface area contributed by atoms with Gasteiger partial charge in [0, 0.05) is 11.3 Å². The molecule has 0 radical (unpaired) electrons. The quantitative estimate of drug-likeness (QED) is 0.810. The maximum atomic E-state index is 5.93. The van der Waals surface area contributed by atoms with Crippen LogP contribution >= 0.6 is 22.6 Å². The molecule has 2 N–H and O–H groups in total. The van der Waals surface area contributed by atoms with E-state index in [4.69, 9.17) is 5.73 Å². The van der Waals surface area contributed by atoms with Gasteiger partial charge in [0.15, 0.2) is 0 Å². The third-order valence-electron chi connectivity index (χ3n) is 2.54. The molecule has 15 heavy (non-hydrogen) atoms. The molecule has 1 aromatic rings. The third-order valence-corrected chi connectivity index (χ3v) is 3.64. The van der Waals surface area contributed by atoms with Gasteiger partial charge in [0.05, 0.1) is 9.26 Å². The number of halogens is 1. The van der Waals surface area contributed by atoms with Crippen molar-refractivity contribution >= 4 is 28.4 Å². The molecule has 82 valence electrons. The number of anilines is 1. The molecule has 0 unspecified atom stereocenters. The van der Waals surface area contributed by atoms with Gasteiger partial charge in [0.25, 0.3) is 0 Å². The van der Waals surface area contributed by atoms with Gasteiger partial charge in [-0.25, -0.2) is 9.97 Å². The van der Waals surface area contributed by atoms with Gasteiger partial charge in [-0.15, -0.1) is 0 Å². The maximum Gasteiger partial charge on any atom is 0.140 e. The Bertz CT molecular complexity index is 392. The van der Waals surface area contributed by atoms with Crippen molar-refractivity contribution in [3.8, 4) is 0 Å². The summed E-state index contributed by atoms with van der Waals surface area (Å²) in [5.41, 5.74) is 7.06. The number of nitrogen functional groups attached to an aromatic ring is 1. The number of hydrogen-bond donors (Lipinski definition) is 1. The summed E-state index contributed by atoms with van der Waals surface area (Å²) in [5.74, 6) is 2.13. The Hall–Kier alpha value is -0.390. The highest BCUT2D eigenvalue weighted by Crippen LogP contribution is 2.42. The molecule has 0 aromatic carbocycles. The first kappa shape index (κ1) is 11.1. The zero-order valence-corrected chi connectivity index (χ0v) is 11.5. The van der Waals surface area contributed by atoms with Crippen molar-refractivity contribution in [3.63, 3.8) is 0 Å². The fraction of sp³-hybridized carbons (Fsp3) is 0.636. The highest BCUT2D eigenvalue weighted by Gasteiger charge is 2.30. The van der Waals surface area contributed by atoms with Crippen molar-refractivity contribution in [2.75, 3.05) is 5.73 Å². The number of nitrogens with two attached hydrogens (primary N) is 1. The molecule has 1 aliphatic carbocycles. The van der Waals surface area contributed by atoms with Crippen molar-refractivity contribution in [3.05, 3.63) is 15.1 Å². The highest BCUT2D eigenvalue weighted by molar-refractivity contribution is 14.1. The molecule has 0 amide bonds. The topological polar surface area (TPSA) is 51.8 Å². The van der Waals surface area contributed by atoms with Gasteiger partial charge in [-0.05, 0) is 35.4 Å². The molecule has 0 bridgehead atoms. The van der Waals surface area contributed by atoms with Crippen molar-refractivity contribution in [1.29, 1.82) is 0 Å². The molecule has 4 heteroatoms. The van der Waals surface area contributed by atoms with Crippen LogP contribution in [0.1, 0.15) is 51.0 Å². The van der Waals surface area contributed by atoms with Crippen LogP contribution in [0.3, 0.4) is 0 Å². The Morgan fingerprint density at radius 1 is 1.27 bits per heavy atom. The summed E-state index contributed by atoms with van der Waals surface area (Å²) >= 11 is 2.25. The van der Waals surface area contributed by atoms with Gasteiger partial charge >= 0.3 is 0 Å². The van der Waals surface area contributed by atoms with Crippen LogP contribution in [0.15, 0.2) is 0 Å². The molecule has 1 heterocycles. The van der Waals surface area contributed by atoms with Crippen molar-refractivity contribution < 1.29 is 0 Å². The predicted octanol–water partition coefficient (Wildman–Crippen LogP) is 2.84. The molecule has 1 fully saturated rings. The zero-order valence-electron chi connectivity index (χ0n) is 9.34. The second kappa shape index (κ2) is 3.57. The lowest BCUT2D eigenvalue weighted by atomic mass is 9.95. The standard InChI is InChI=1S/C11H16IN3/c1-11(2,3)10-14-8(6-4-5-6)7(12)9(13)15-10/h6H,4-5H2,1-3H3,(H2,13,14,15). The lowest BCUT2D eigenvalue weighted by Gasteiger charge is -2.18. The van der Waals surface area contributed by atoms with E-state index in [1.165, 1.54) is 12.8 Å². The van der Waals surface area contributed by atoms with Crippen LogP contribution in [0, 0.1) is 3.57 Å². The van der Waals surface area contributed by atoms with E-state index in [0.717, 1.165) is 15.1 Å². The summed E-state index contributed by atoms with van der Waals surface area (Å²) in [5, 5.41) is 0. The van der Waals surface area contributed by atoms with Gasteiger partial charge in [0.2, 0.25) is 0 Å². The van der Waals surface area contributed by atoms with E-state index in [1.807, 2.05) is 0 Å². The molecule has 0 aliphatic heterocycles. The molecule has 0 atom stereocenters. The number of aromatic nitrogens is 2. The Morgan fingerprint density at radius 2 is 1.87 bits per heavy atom. The van der Waals surface area contributed by atoms with E-state index in [1.54, 1.807) is 0 Å². The average molecular weight is 317 g/mol. The van der Waals surface area contributed by atoms with E-state index < -0.39 is 0 Å². The normalized spacial score (nSPS) is 16.8. The van der Waals surface area contributed by atoms with Gasteiger partial charge in [-0.1, -0.05) is 20.8 Å². The van der Waals surface area contributed by atoms with Crippen LogP contribution in [-0.2, 0) is 5.41 Å². The third kappa shape index (κ3) is 2.24. The molecular weight excluding hydrogens is 301 g/mol. The van der Waals surface area contributed by atoms with Crippen LogP contribution in [0.25, 0.3) is 0 Å². The fourth-order valence-electron chi connectivity index (χ4n) is 1.45. The van der Waals surface area contributed by atoms with Gasteiger partial charge < -0.3 is 5.73 Å². The van der Waals surface area contributed by atoms with Crippen molar-refractivity contribution in [2.45, 2.75) is 44.9 Å². The Morgan fingerprint density at radius 3 is 2.33 bits per heavy atom. The van der Waals surface area contributed by atoms with E-state index in [-0.39, 0.29) is 5.41 Å². The van der Waals surface area contributed by atoms with Gasteiger partial charge in [-0.3, -0.25) is 0 Å². The molecule has 2 rings (SSSR count). The van der Waals surface area contributed by atoms with E-state index in [2.05, 4.69) is 53.3 Å². The first-order chi connectivity index (χ1) is 6.89. The average Bonchev–Trinajstić information content (AvgIpc) is 2.90. The Kier molecular flexibility index (Phi) is 2.65. The van der Waals surface area contributed by atoms with Crippen LogP contribution in [-0.4, -0.2) is 9.97 Å². The number of rotatable bonds is 1. The smallest absolute Gasteiger partial charge is 0.140 e. The van der Waals surface area contributed by atoms with E-state index in [9.17, 15) is 0 Å². The minimum atomic E-state index is -0.0257. The van der Waals surface area contributed by atoms with Gasteiger partial charge in [0.1, 0.15) is 11.6 Å². The first-order valence-electron chi connectivity index (χ1n) is 5.23.